The van der Waals surface area contributed by atoms with E-state index in [1.54, 1.807) is 6.07 Å². The molecule has 0 amide bonds. The van der Waals surface area contributed by atoms with Crippen molar-refractivity contribution in [3.8, 4) is 16.9 Å². The fourth-order valence-electron chi connectivity index (χ4n) is 2.69. The van der Waals surface area contributed by atoms with Gasteiger partial charge in [-0.2, -0.15) is 0 Å². The third-order valence-electron chi connectivity index (χ3n) is 4.02. The molecule has 0 radical (unpaired) electrons. The SMILES string of the molecule is CCCCCCCCOc1ccc(-c2ccccc2)c([N+](=O)[O-])c1. The highest BCUT2D eigenvalue weighted by Crippen LogP contribution is 2.33. The molecule has 4 nitrogen and oxygen atoms in total. The van der Waals surface area contributed by atoms with Crippen molar-refractivity contribution in [3.05, 3.63) is 58.6 Å². The van der Waals surface area contributed by atoms with E-state index in [2.05, 4.69) is 6.92 Å². The second kappa shape index (κ2) is 9.71. The monoisotopic (exact) mass is 327 g/mol. The van der Waals surface area contributed by atoms with Crippen molar-refractivity contribution < 1.29 is 9.66 Å². The summed E-state index contributed by atoms with van der Waals surface area (Å²) in [7, 11) is 0. The Labute approximate surface area is 143 Å². The Morgan fingerprint density at radius 1 is 0.958 bits per heavy atom. The molecule has 24 heavy (non-hydrogen) atoms. The molecule has 0 saturated heterocycles. The topological polar surface area (TPSA) is 52.4 Å². The Morgan fingerprint density at radius 3 is 2.38 bits per heavy atom. The predicted octanol–water partition coefficient (Wildman–Crippen LogP) is 6.00. The van der Waals surface area contributed by atoms with Gasteiger partial charge in [0.15, 0.2) is 0 Å². The van der Waals surface area contributed by atoms with Crippen LogP contribution in [0.15, 0.2) is 48.5 Å². The molecule has 0 heterocycles. The molecule has 0 saturated carbocycles. The Hall–Kier alpha value is -2.36. The van der Waals surface area contributed by atoms with E-state index in [1.165, 1.54) is 31.7 Å². The minimum Gasteiger partial charge on any atom is -0.493 e. The second-order valence-electron chi connectivity index (χ2n) is 5.92. The summed E-state index contributed by atoms with van der Waals surface area (Å²) < 4.78 is 5.69. The van der Waals surface area contributed by atoms with Crippen LogP contribution in [0.5, 0.6) is 5.75 Å². The van der Waals surface area contributed by atoms with Gasteiger partial charge >= 0.3 is 0 Å². The van der Waals surface area contributed by atoms with Crippen molar-refractivity contribution >= 4 is 5.69 Å². The van der Waals surface area contributed by atoms with Gasteiger partial charge in [-0.1, -0.05) is 69.4 Å². The summed E-state index contributed by atoms with van der Waals surface area (Å²) in [5.74, 6) is 0.565. The Balaban J connectivity index is 1.95. The Morgan fingerprint density at radius 2 is 1.67 bits per heavy atom. The van der Waals surface area contributed by atoms with E-state index in [0.717, 1.165) is 18.4 Å². The van der Waals surface area contributed by atoms with Crippen molar-refractivity contribution in [1.29, 1.82) is 0 Å². The molecule has 0 N–H and O–H groups in total. The highest BCUT2D eigenvalue weighted by molar-refractivity contribution is 5.74. The van der Waals surface area contributed by atoms with Crippen molar-refractivity contribution in [2.75, 3.05) is 6.61 Å². The lowest BCUT2D eigenvalue weighted by Gasteiger charge is -2.08. The molecule has 2 aromatic rings. The molecule has 0 unspecified atom stereocenters. The zero-order chi connectivity index (χ0) is 17.2. The zero-order valence-corrected chi connectivity index (χ0v) is 14.2. The fraction of sp³-hybridized carbons (Fsp3) is 0.400. The minimum absolute atomic E-state index is 0.0849. The van der Waals surface area contributed by atoms with E-state index in [-0.39, 0.29) is 10.6 Å². The van der Waals surface area contributed by atoms with Crippen LogP contribution < -0.4 is 4.74 Å². The van der Waals surface area contributed by atoms with Crippen molar-refractivity contribution in [1.82, 2.24) is 0 Å². The second-order valence-corrected chi connectivity index (χ2v) is 5.92. The van der Waals surface area contributed by atoms with Crippen LogP contribution in [0.2, 0.25) is 0 Å². The lowest BCUT2D eigenvalue weighted by molar-refractivity contribution is -0.384. The van der Waals surface area contributed by atoms with E-state index in [0.29, 0.717) is 17.9 Å². The Kier molecular flexibility index (Phi) is 7.27. The van der Waals surface area contributed by atoms with Crippen LogP contribution in [-0.4, -0.2) is 11.5 Å². The van der Waals surface area contributed by atoms with Gasteiger partial charge in [0, 0.05) is 0 Å². The van der Waals surface area contributed by atoms with Crippen LogP contribution in [0.3, 0.4) is 0 Å². The van der Waals surface area contributed by atoms with E-state index in [1.807, 2.05) is 36.4 Å². The number of nitro benzene ring substituents is 1. The van der Waals surface area contributed by atoms with Crippen LogP contribution in [0.25, 0.3) is 11.1 Å². The normalized spacial score (nSPS) is 10.5. The van der Waals surface area contributed by atoms with Crippen molar-refractivity contribution in [2.24, 2.45) is 0 Å². The number of hydrogen-bond acceptors (Lipinski definition) is 3. The molecular formula is C20H25NO3. The molecule has 0 aliphatic rings. The molecule has 0 aliphatic heterocycles. The van der Waals surface area contributed by atoms with Crippen LogP contribution in [-0.2, 0) is 0 Å². The lowest BCUT2D eigenvalue weighted by Crippen LogP contribution is -1.99. The number of benzene rings is 2. The molecule has 0 atom stereocenters. The van der Waals surface area contributed by atoms with E-state index >= 15 is 0 Å². The number of unbranched alkanes of at least 4 members (excludes halogenated alkanes) is 5. The zero-order valence-electron chi connectivity index (χ0n) is 14.2. The number of nitro groups is 1. The van der Waals surface area contributed by atoms with Gasteiger partial charge in [-0.3, -0.25) is 10.1 Å². The molecule has 0 spiro atoms. The van der Waals surface area contributed by atoms with Gasteiger partial charge < -0.3 is 4.74 Å². The standard InChI is InChI=1S/C20H25NO3/c1-2-3-4-5-6-10-15-24-18-13-14-19(20(16-18)21(22)23)17-11-8-7-9-12-17/h7-9,11-14,16H,2-6,10,15H2,1H3. The summed E-state index contributed by atoms with van der Waals surface area (Å²) in [6.45, 7) is 2.81. The van der Waals surface area contributed by atoms with E-state index in [4.69, 9.17) is 4.74 Å². The first kappa shape index (κ1) is 18.0. The van der Waals surface area contributed by atoms with E-state index < -0.39 is 0 Å². The summed E-state index contributed by atoms with van der Waals surface area (Å²) in [6.07, 6.45) is 7.15. The average molecular weight is 327 g/mol. The molecule has 0 bridgehead atoms. The number of hydrogen-bond donors (Lipinski definition) is 0. The van der Waals surface area contributed by atoms with Gasteiger partial charge in [0.2, 0.25) is 0 Å². The summed E-state index contributed by atoms with van der Waals surface area (Å²) in [5.41, 5.74) is 1.54. The highest BCUT2D eigenvalue weighted by atomic mass is 16.6. The van der Waals surface area contributed by atoms with Gasteiger partial charge in [-0.05, 0) is 24.1 Å². The highest BCUT2D eigenvalue weighted by Gasteiger charge is 2.16. The maximum atomic E-state index is 11.4. The summed E-state index contributed by atoms with van der Waals surface area (Å²) >= 11 is 0. The maximum absolute atomic E-state index is 11.4. The summed E-state index contributed by atoms with van der Waals surface area (Å²) in [5, 5.41) is 11.4. The molecule has 4 heteroatoms. The number of nitrogens with zero attached hydrogens (tertiary/aromatic N) is 1. The average Bonchev–Trinajstić information content (AvgIpc) is 2.61. The van der Waals surface area contributed by atoms with Crippen LogP contribution in [0.4, 0.5) is 5.69 Å². The Bertz CT molecular complexity index is 641. The number of rotatable bonds is 10. The van der Waals surface area contributed by atoms with Gasteiger partial charge in [-0.15, -0.1) is 0 Å². The smallest absolute Gasteiger partial charge is 0.280 e. The first-order valence-electron chi connectivity index (χ1n) is 8.69. The summed E-state index contributed by atoms with van der Waals surface area (Å²) in [4.78, 5) is 11.0. The molecule has 0 aliphatic carbocycles. The first-order valence-corrected chi connectivity index (χ1v) is 8.69. The maximum Gasteiger partial charge on any atom is 0.280 e. The molecule has 0 aromatic heterocycles. The van der Waals surface area contributed by atoms with Crippen LogP contribution in [0, 0.1) is 10.1 Å². The third-order valence-corrected chi connectivity index (χ3v) is 4.02. The lowest BCUT2D eigenvalue weighted by atomic mass is 10.0. The minimum atomic E-state index is -0.347. The van der Waals surface area contributed by atoms with Gasteiger partial charge in [0.1, 0.15) is 5.75 Å². The summed E-state index contributed by atoms with van der Waals surface area (Å²) in [6, 6.07) is 14.5. The molecule has 128 valence electrons. The predicted molar refractivity (Wildman–Crippen MR) is 97.4 cm³/mol. The van der Waals surface area contributed by atoms with E-state index in [9.17, 15) is 10.1 Å². The van der Waals surface area contributed by atoms with Gasteiger partial charge in [0.05, 0.1) is 23.2 Å². The first-order chi connectivity index (χ1) is 11.7. The fourth-order valence-corrected chi connectivity index (χ4v) is 2.69. The number of ether oxygens (including phenoxy) is 1. The molecule has 2 aromatic carbocycles. The molecule has 2 rings (SSSR count). The quantitative estimate of drug-likeness (QED) is 0.305. The van der Waals surface area contributed by atoms with Crippen LogP contribution >= 0.6 is 0 Å². The van der Waals surface area contributed by atoms with Gasteiger partial charge in [0.25, 0.3) is 5.69 Å². The third kappa shape index (κ3) is 5.37. The van der Waals surface area contributed by atoms with Crippen LogP contribution in [0.1, 0.15) is 45.4 Å². The molecule has 0 fully saturated rings. The largest absolute Gasteiger partial charge is 0.493 e. The van der Waals surface area contributed by atoms with Crippen molar-refractivity contribution in [3.63, 3.8) is 0 Å². The van der Waals surface area contributed by atoms with Gasteiger partial charge in [-0.25, -0.2) is 0 Å². The molecular weight excluding hydrogens is 302 g/mol. The van der Waals surface area contributed by atoms with Crippen molar-refractivity contribution in [2.45, 2.75) is 45.4 Å².